The summed E-state index contributed by atoms with van der Waals surface area (Å²) in [7, 11) is 0. The number of nitrogens with zero attached hydrogens (tertiary/aromatic N) is 3. The van der Waals surface area contributed by atoms with Gasteiger partial charge < -0.3 is 15.4 Å². The average molecular weight is 421 g/mol. The number of anilines is 1. The number of thioether (sulfide) groups is 1. The van der Waals surface area contributed by atoms with E-state index in [4.69, 9.17) is 10.5 Å². The predicted molar refractivity (Wildman–Crippen MR) is 116 cm³/mol. The number of rotatable bonds is 10. The monoisotopic (exact) mass is 420 g/mol. The quantitative estimate of drug-likeness (QED) is 0.454. The molecule has 0 saturated heterocycles. The summed E-state index contributed by atoms with van der Waals surface area (Å²) in [5.41, 5.74) is 7.41. The molecule has 160 valence electrons. The molecule has 0 bridgehead atoms. The lowest BCUT2D eigenvalue weighted by molar-refractivity contribution is -0.117. The number of aryl methyl sites for hydroxylation is 1. The first-order valence-corrected chi connectivity index (χ1v) is 11.1. The summed E-state index contributed by atoms with van der Waals surface area (Å²) in [6.07, 6.45) is 8.34. The summed E-state index contributed by atoms with van der Waals surface area (Å²) in [6, 6.07) is 0. The van der Waals surface area contributed by atoms with Crippen molar-refractivity contribution < 1.29 is 14.3 Å². The van der Waals surface area contributed by atoms with Crippen LogP contribution in [0.4, 0.5) is 5.82 Å². The van der Waals surface area contributed by atoms with Crippen molar-refractivity contribution in [1.82, 2.24) is 14.9 Å². The molecule has 1 aliphatic rings. The van der Waals surface area contributed by atoms with Crippen molar-refractivity contribution in [3.63, 3.8) is 0 Å². The second kappa shape index (κ2) is 11.9. The van der Waals surface area contributed by atoms with E-state index in [1.807, 2.05) is 13.8 Å². The zero-order valence-corrected chi connectivity index (χ0v) is 18.5. The third-order valence-corrected chi connectivity index (χ3v) is 6.44. The fraction of sp³-hybridized carbons (Fsp3) is 0.619. The third kappa shape index (κ3) is 7.12. The molecule has 0 spiro atoms. The van der Waals surface area contributed by atoms with E-state index in [0.29, 0.717) is 36.8 Å². The number of ether oxygens (including phenoxy) is 1. The van der Waals surface area contributed by atoms with Crippen molar-refractivity contribution in [1.29, 1.82) is 0 Å². The molecule has 0 unspecified atom stereocenters. The van der Waals surface area contributed by atoms with Crippen LogP contribution in [0.25, 0.3) is 0 Å². The zero-order valence-electron chi connectivity index (χ0n) is 17.6. The van der Waals surface area contributed by atoms with Crippen molar-refractivity contribution in [2.75, 3.05) is 18.9 Å². The Kier molecular flexibility index (Phi) is 9.60. The number of allylic oxidation sites excluding steroid dienone is 1. The first-order chi connectivity index (χ1) is 14.0. The van der Waals surface area contributed by atoms with Crippen molar-refractivity contribution in [2.45, 2.75) is 65.8 Å². The van der Waals surface area contributed by atoms with E-state index in [-0.39, 0.29) is 17.6 Å². The minimum absolute atomic E-state index is 0.106. The number of carbonyl (C=O) groups is 2. The van der Waals surface area contributed by atoms with Crippen LogP contribution in [0.2, 0.25) is 0 Å². The van der Waals surface area contributed by atoms with Crippen LogP contribution in [-0.4, -0.2) is 39.6 Å². The molecule has 7 nitrogen and oxygen atoms in total. The Bertz CT molecular complexity index is 733. The predicted octanol–water partition coefficient (Wildman–Crippen LogP) is 3.82. The fourth-order valence-electron chi connectivity index (χ4n) is 3.37. The van der Waals surface area contributed by atoms with Gasteiger partial charge >= 0.3 is 0 Å². The van der Waals surface area contributed by atoms with Crippen LogP contribution >= 0.6 is 11.8 Å². The van der Waals surface area contributed by atoms with Crippen LogP contribution in [0.3, 0.4) is 0 Å². The highest BCUT2D eigenvalue weighted by molar-refractivity contribution is 8.17. The molecule has 0 atom stereocenters. The lowest BCUT2D eigenvalue weighted by Gasteiger charge is -2.24. The van der Waals surface area contributed by atoms with Gasteiger partial charge in [0.2, 0.25) is 6.41 Å². The first-order valence-electron chi connectivity index (χ1n) is 10.2. The lowest BCUT2D eigenvalue weighted by Crippen LogP contribution is -2.23. The van der Waals surface area contributed by atoms with Gasteiger partial charge in [0.15, 0.2) is 5.12 Å². The molecule has 1 aromatic rings. The fourth-order valence-corrected chi connectivity index (χ4v) is 4.47. The Balaban J connectivity index is 2.20. The molecular formula is C21H32N4O3S. The lowest BCUT2D eigenvalue weighted by atomic mass is 9.90. The molecule has 1 saturated carbocycles. The minimum atomic E-state index is 0.106. The number of carbonyl (C=O) groups excluding carboxylic acids is 2. The van der Waals surface area contributed by atoms with Crippen LogP contribution in [0.1, 0.15) is 63.8 Å². The SMILES string of the molecule is CCOCC/C(SC(=O)C1CCCCC1)=C(\C)N(C=O)Cc1cnc(C)nc1N. The number of hydrogen-bond acceptors (Lipinski definition) is 7. The second-order valence-corrected chi connectivity index (χ2v) is 8.37. The summed E-state index contributed by atoms with van der Waals surface area (Å²) in [5.74, 6) is 1.05. The first kappa shape index (κ1) is 23.3. The van der Waals surface area contributed by atoms with Crippen molar-refractivity contribution in [2.24, 2.45) is 5.92 Å². The summed E-state index contributed by atoms with van der Waals surface area (Å²) in [4.78, 5) is 35.5. The van der Waals surface area contributed by atoms with Crippen molar-refractivity contribution in [3.05, 3.63) is 28.2 Å². The van der Waals surface area contributed by atoms with Gasteiger partial charge in [-0.25, -0.2) is 9.97 Å². The van der Waals surface area contributed by atoms with E-state index < -0.39 is 0 Å². The Labute approximate surface area is 177 Å². The summed E-state index contributed by atoms with van der Waals surface area (Å²) in [5, 5.41) is 0.194. The molecule has 1 fully saturated rings. The number of nitrogen functional groups attached to an aromatic ring is 1. The number of aromatic nitrogens is 2. The summed E-state index contributed by atoms with van der Waals surface area (Å²) in [6.45, 7) is 6.95. The van der Waals surface area contributed by atoms with Gasteiger partial charge in [-0.15, -0.1) is 0 Å². The minimum Gasteiger partial charge on any atom is -0.383 e. The number of amides is 1. The summed E-state index contributed by atoms with van der Waals surface area (Å²) >= 11 is 1.27. The molecule has 0 radical (unpaired) electrons. The molecule has 2 rings (SSSR count). The van der Waals surface area contributed by atoms with Crippen LogP contribution in [0.15, 0.2) is 16.8 Å². The van der Waals surface area contributed by atoms with E-state index >= 15 is 0 Å². The molecule has 1 heterocycles. The molecule has 2 N–H and O–H groups in total. The van der Waals surface area contributed by atoms with E-state index in [1.54, 1.807) is 18.0 Å². The Morgan fingerprint density at radius 2 is 2.10 bits per heavy atom. The summed E-state index contributed by atoms with van der Waals surface area (Å²) < 4.78 is 5.50. The van der Waals surface area contributed by atoms with Crippen LogP contribution in [0.5, 0.6) is 0 Å². The molecule has 29 heavy (non-hydrogen) atoms. The van der Waals surface area contributed by atoms with Crippen molar-refractivity contribution in [3.8, 4) is 0 Å². The maximum atomic E-state index is 12.8. The highest BCUT2D eigenvalue weighted by atomic mass is 32.2. The van der Waals surface area contributed by atoms with E-state index in [2.05, 4.69) is 9.97 Å². The maximum Gasteiger partial charge on any atom is 0.214 e. The van der Waals surface area contributed by atoms with E-state index in [9.17, 15) is 9.59 Å². The van der Waals surface area contributed by atoms with Gasteiger partial charge in [0.25, 0.3) is 0 Å². The molecule has 0 aromatic carbocycles. The number of hydrogen-bond donors (Lipinski definition) is 1. The Hall–Kier alpha value is -1.93. The average Bonchev–Trinajstić information content (AvgIpc) is 2.72. The largest absolute Gasteiger partial charge is 0.383 e. The topological polar surface area (TPSA) is 98.4 Å². The van der Waals surface area contributed by atoms with Crippen LogP contribution < -0.4 is 5.73 Å². The second-order valence-electron chi connectivity index (χ2n) is 7.27. The standard InChI is InChI=1S/C21H32N4O3S/c1-4-28-11-10-19(29-21(27)17-8-6-5-7-9-17)15(2)25(14-26)13-18-12-23-16(3)24-20(18)22/h12,14,17H,4-11,13H2,1-3H3,(H2,22,23,24)/b19-15-. The molecule has 0 aliphatic heterocycles. The highest BCUT2D eigenvalue weighted by Crippen LogP contribution is 2.34. The Morgan fingerprint density at radius 3 is 2.72 bits per heavy atom. The maximum absolute atomic E-state index is 12.8. The zero-order chi connectivity index (χ0) is 21.2. The van der Waals surface area contributed by atoms with Gasteiger partial charge in [-0.2, -0.15) is 0 Å². The third-order valence-electron chi connectivity index (χ3n) is 5.16. The molecule has 1 amide bonds. The smallest absolute Gasteiger partial charge is 0.214 e. The van der Waals surface area contributed by atoms with Crippen molar-refractivity contribution >= 4 is 29.1 Å². The highest BCUT2D eigenvalue weighted by Gasteiger charge is 2.24. The van der Waals surface area contributed by atoms with Gasteiger partial charge in [-0.3, -0.25) is 9.59 Å². The van der Waals surface area contributed by atoms with E-state index in [0.717, 1.165) is 42.7 Å². The van der Waals surface area contributed by atoms with E-state index in [1.165, 1.54) is 18.2 Å². The molecular weight excluding hydrogens is 388 g/mol. The van der Waals surface area contributed by atoms with Gasteiger partial charge in [0, 0.05) is 41.3 Å². The Morgan fingerprint density at radius 1 is 1.38 bits per heavy atom. The van der Waals surface area contributed by atoms with Gasteiger partial charge in [-0.05, 0) is 33.6 Å². The molecule has 8 heteroatoms. The van der Waals surface area contributed by atoms with Gasteiger partial charge in [0.05, 0.1) is 13.2 Å². The van der Waals surface area contributed by atoms with Crippen LogP contribution in [-0.2, 0) is 20.9 Å². The van der Waals surface area contributed by atoms with Crippen LogP contribution in [0, 0.1) is 12.8 Å². The normalized spacial score (nSPS) is 15.7. The van der Waals surface area contributed by atoms with Gasteiger partial charge in [0.1, 0.15) is 11.6 Å². The molecule has 1 aliphatic carbocycles. The molecule has 1 aromatic heterocycles. The van der Waals surface area contributed by atoms with Gasteiger partial charge in [-0.1, -0.05) is 31.0 Å². The number of nitrogens with two attached hydrogens (primary N) is 1.